The standard InChI is InChI=1S/C13H20N4O2/c1-9(12(18)17(2)3)15-13(19)16-11-6-4-5-10(7-11)8-14/h4-7,9H,8,14H2,1-3H3,(H2,15,16,19). The van der Waals surface area contributed by atoms with Crippen molar-refractivity contribution in [3.05, 3.63) is 29.8 Å². The van der Waals surface area contributed by atoms with E-state index < -0.39 is 12.1 Å². The summed E-state index contributed by atoms with van der Waals surface area (Å²) in [4.78, 5) is 24.8. The Bertz CT molecular complexity index is 460. The van der Waals surface area contributed by atoms with Crippen LogP contribution >= 0.6 is 0 Å². The average molecular weight is 264 g/mol. The van der Waals surface area contributed by atoms with Gasteiger partial charge in [-0.25, -0.2) is 4.79 Å². The van der Waals surface area contributed by atoms with Gasteiger partial charge in [-0.15, -0.1) is 0 Å². The monoisotopic (exact) mass is 264 g/mol. The van der Waals surface area contributed by atoms with E-state index >= 15 is 0 Å². The van der Waals surface area contributed by atoms with E-state index in [1.807, 2.05) is 12.1 Å². The van der Waals surface area contributed by atoms with Crippen LogP contribution in [0, 0.1) is 0 Å². The highest BCUT2D eigenvalue weighted by Gasteiger charge is 2.16. The Morgan fingerprint density at radius 1 is 1.37 bits per heavy atom. The molecule has 104 valence electrons. The molecule has 0 fully saturated rings. The van der Waals surface area contributed by atoms with E-state index in [0.717, 1.165) is 5.56 Å². The summed E-state index contributed by atoms with van der Waals surface area (Å²) >= 11 is 0. The number of urea groups is 1. The van der Waals surface area contributed by atoms with Crippen LogP contribution in [0.5, 0.6) is 0 Å². The summed E-state index contributed by atoms with van der Waals surface area (Å²) in [6, 6.07) is 6.24. The molecule has 19 heavy (non-hydrogen) atoms. The zero-order valence-electron chi connectivity index (χ0n) is 11.4. The number of hydrogen-bond acceptors (Lipinski definition) is 3. The van der Waals surface area contributed by atoms with Gasteiger partial charge in [-0.05, 0) is 24.6 Å². The molecule has 4 N–H and O–H groups in total. The highest BCUT2D eigenvalue weighted by Crippen LogP contribution is 2.09. The predicted octanol–water partition coefficient (Wildman–Crippen LogP) is 0.744. The fraction of sp³-hybridized carbons (Fsp3) is 0.385. The van der Waals surface area contributed by atoms with Crippen molar-refractivity contribution in [1.82, 2.24) is 10.2 Å². The van der Waals surface area contributed by atoms with Gasteiger partial charge in [0.2, 0.25) is 5.91 Å². The van der Waals surface area contributed by atoms with E-state index in [1.165, 1.54) is 4.90 Å². The number of amides is 3. The zero-order valence-corrected chi connectivity index (χ0v) is 11.4. The van der Waals surface area contributed by atoms with Gasteiger partial charge in [-0.2, -0.15) is 0 Å². The minimum Gasteiger partial charge on any atom is -0.347 e. The number of benzene rings is 1. The first-order chi connectivity index (χ1) is 8.93. The lowest BCUT2D eigenvalue weighted by molar-refractivity contribution is -0.130. The number of hydrogen-bond donors (Lipinski definition) is 3. The van der Waals surface area contributed by atoms with E-state index in [2.05, 4.69) is 10.6 Å². The lowest BCUT2D eigenvalue weighted by Crippen LogP contribution is -2.45. The summed E-state index contributed by atoms with van der Waals surface area (Å²) in [6.45, 7) is 2.05. The number of anilines is 1. The van der Waals surface area contributed by atoms with E-state index in [1.54, 1.807) is 33.2 Å². The molecule has 0 aromatic heterocycles. The quantitative estimate of drug-likeness (QED) is 0.749. The molecular weight excluding hydrogens is 244 g/mol. The number of likely N-dealkylation sites (N-methyl/N-ethyl adjacent to an activating group) is 1. The molecule has 1 unspecified atom stereocenters. The Balaban J connectivity index is 2.57. The Hall–Kier alpha value is -2.08. The van der Waals surface area contributed by atoms with Crippen molar-refractivity contribution < 1.29 is 9.59 Å². The van der Waals surface area contributed by atoms with Gasteiger partial charge in [0, 0.05) is 26.3 Å². The number of nitrogens with one attached hydrogen (secondary N) is 2. The van der Waals surface area contributed by atoms with Crippen molar-refractivity contribution in [1.29, 1.82) is 0 Å². The summed E-state index contributed by atoms with van der Waals surface area (Å²) in [5.74, 6) is -0.161. The molecule has 1 rings (SSSR count). The first-order valence-electron chi connectivity index (χ1n) is 6.01. The van der Waals surface area contributed by atoms with Crippen LogP contribution in [0.25, 0.3) is 0 Å². The maximum absolute atomic E-state index is 11.7. The molecule has 0 saturated carbocycles. The van der Waals surface area contributed by atoms with Crippen LogP contribution in [-0.2, 0) is 11.3 Å². The van der Waals surface area contributed by atoms with Crippen LogP contribution in [-0.4, -0.2) is 37.0 Å². The molecule has 1 atom stereocenters. The van der Waals surface area contributed by atoms with Gasteiger partial charge in [0.1, 0.15) is 6.04 Å². The van der Waals surface area contributed by atoms with Crippen LogP contribution in [0.4, 0.5) is 10.5 Å². The minimum atomic E-state index is -0.576. The molecule has 0 radical (unpaired) electrons. The molecule has 0 spiro atoms. The number of nitrogens with zero attached hydrogens (tertiary/aromatic N) is 1. The normalized spacial score (nSPS) is 11.6. The van der Waals surface area contributed by atoms with Crippen LogP contribution in [0.15, 0.2) is 24.3 Å². The molecule has 0 aliphatic rings. The Morgan fingerprint density at radius 3 is 2.63 bits per heavy atom. The molecule has 0 bridgehead atoms. The SMILES string of the molecule is CC(NC(=O)Nc1cccc(CN)c1)C(=O)N(C)C. The maximum Gasteiger partial charge on any atom is 0.319 e. The third-order valence-electron chi connectivity index (χ3n) is 2.58. The van der Waals surface area contributed by atoms with Crippen LogP contribution in [0.1, 0.15) is 12.5 Å². The molecule has 0 heterocycles. The summed E-state index contributed by atoms with van der Waals surface area (Å²) < 4.78 is 0. The van der Waals surface area contributed by atoms with E-state index in [4.69, 9.17) is 5.73 Å². The van der Waals surface area contributed by atoms with Crippen LogP contribution < -0.4 is 16.4 Å². The van der Waals surface area contributed by atoms with Gasteiger partial charge in [0.25, 0.3) is 0 Å². The summed E-state index contributed by atoms with van der Waals surface area (Å²) in [7, 11) is 3.28. The molecular formula is C13H20N4O2. The van der Waals surface area contributed by atoms with Crippen molar-refractivity contribution in [2.75, 3.05) is 19.4 Å². The molecule has 0 aliphatic carbocycles. The summed E-state index contributed by atoms with van der Waals surface area (Å²) in [5.41, 5.74) is 7.09. The molecule has 0 aliphatic heterocycles. The number of carbonyl (C=O) groups is 2. The number of rotatable bonds is 4. The van der Waals surface area contributed by atoms with Gasteiger partial charge >= 0.3 is 6.03 Å². The molecule has 6 heteroatoms. The van der Waals surface area contributed by atoms with Crippen LogP contribution in [0.3, 0.4) is 0 Å². The third-order valence-corrected chi connectivity index (χ3v) is 2.58. The lowest BCUT2D eigenvalue weighted by atomic mass is 10.2. The van der Waals surface area contributed by atoms with Crippen LogP contribution in [0.2, 0.25) is 0 Å². The first kappa shape index (κ1) is 15.0. The van der Waals surface area contributed by atoms with Crippen molar-refractivity contribution in [2.45, 2.75) is 19.5 Å². The molecule has 6 nitrogen and oxygen atoms in total. The Morgan fingerprint density at radius 2 is 2.05 bits per heavy atom. The van der Waals surface area contributed by atoms with Crippen molar-refractivity contribution in [3.63, 3.8) is 0 Å². The second kappa shape index (κ2) is 6.75. The fourth-order valence-corrected chi connectivity index (χ4v) is 1.59. The second-order valence-corrected chi connectivity index (χ2v) is 4.46. The van der Waals surface area contributed by atoms with Gasteiger partial charge in [-0.3, -0.25) is 4.79 Å². The Labute approximate surface area is 113 Å². The maximum atomic E-state index is 11.7. The Kier molecular flexibility index (Phi) is 5.32. The van der Waals surface area contributed by atoms with Gasteiger partial charge in [0.15, 0.2) is 0 Å². The summed E-state index contributed by atoms with van der Waals surface area (Å²) in [5, 5.41) is 5.24. The minimum absolute atomic E-state index is 0.161. The van der Waals surface area contributed by atoms with Crippen molar-refractivity contribution >= 4 is 17.6 Å². The van der Waals surface area contributed by atoms with E-state index in [9.17, 15) is 9.59 Å². The molecule has 1 aromatic rings. The largest absolute Gasteiger partial charge is 0.347 e. The predicted molar refractivity (Wildman–Crippen MR) is 74.6 cm³/mol. The van der Waals surface area contributed by atoms with Crippen molar-refractivity contribution in [2.24, 2.45) is 5.73 Å². The fourth-order valence-electron chi connectivity index (χ4n) is 1.59. The van der Waals surface area contributed by atoms with Gasteiger partial charge in [-0.1, -0.05) is 12.1 Å². The lowest BCUT2D eigenvalue weighted by Gasteiger charge is -2.18. The molecule has 1 aromatic carbocycles. The average Bonchev–Trinajstić information content (AvgIpc) is 2.37. The first-order valence-corrected chi connectivity index (χ1v) is 6.01. The van der Waals surface area contributed by atoms with Gasteiger partial charge in [0.05, 0.1) is 0 Å². The highest BCUT2D eigenvalue weighted by atomic mass is 16.2. The van der Waals surface area contributed by atoms with Crippen molar-refractivity contribution in [3.8, 4) is 0 Å². The third kappa shape index (κ3) is 4.59. The number of carbonyl (C=O) groups excluding carboxylic acids is 2. The van der Waals surface area contributed by atoms with E-state index in [0.29, 0.717) is 12.2 Å². The summed E-state index contributed by atoms with van der Waals surface area (Å²) in [6.07, 6.45) is 0. The topological polar surface area (TPSA) is 87.5 Å². The number of nitrogens with two attached hydrogens (primary N) is 1. The molecule has 3 amide bonds. The molecule has 0 saturated heterocycles. The van der Waals surface area contributed by atoms with Gasteiger partial charge < -0.3 is 21.3 Å². The second-order valence-electron chi connectivity index (χ2n) is 4.46. The zero-order chi connectivity index (χ0) is 14.4. The van der Waals surface area contributed by atoms with E-state index in [-0.39, 0.29) is 5.91 Å². The smallest absolute Gasteiger partial charge is 0.319 e. The highest BCUT2D eigenvalue weighted by molar-refractivity contribution is 5.93.